The van der Waals surface area contributed by atoms with Crippen molar-refractivity contribution in [2.24, 2.45) is 0 Å². The molecule has 0 aliphatic heterocycles. The van der Waals surface area contributed by atoms with Gasteiger partial charge in [0.2, 0.25) is 0 Å². The number of hydrogen-bond donors (Lipinski definition) is 1. The molecule has 4 nitrogen and oxygen atoms in total. The van der Waals surface area contributed by atoms with Crippen molar-refractivity contribution < 1.29 is 14.3 Å². The molecule has 1 amide bonds. The number of hydrogen-bond acceptors (Lipinski definition) is 3. The van der Waals surface area contributed by atoms with Crippen LogP contribution in [0, 0.1) is 3.57 Å². The van der Waals surface area contributed by atoms with Crippen molar-refractivity contribution in [1.29, 1.82) is 0 Å². The zero-order valence-electron chi connectivity index (χ0n) is 14.0. The van der Waals surface area contributed by atoms with Crippen LogP contribution >= 0.6 is 22.6 Å². The van der Waals surface area contributed by atoms with E-state index in [4.69, 9.17) is 9.47 Å². The van der Waals surface area contributed by atoms with Crippen LogP contribution in [0.15, 0.2) is 42.5 Å². The van der Waals surface area contributed by atoms with Crippen molar-refractivity contribution in [1.82, 2.24) is 5.32 Å². The van der Waals surface area contributed by atoms with Crippen LogP contribution < -0.4 is 14.8 Å². The monoisotopic (exact) mass is 439 g/mol. The first-order valence-corrected chi connectivity index (χ1v) is 9.14. The van der Waals surface area contributed by atoms with E-state index >= 15 is 0 Å². The number of benzene rings is 2. The molecule has 2 aromatic rings. The largest absolute Gasteiger partial charge is 0.490 e. The van der Waals surface area contributed by atoms with Gasteiger partial charge in [-0.2, -0.15) is 0 Å². The molecule has 0 atom stereocenters. The number of carbonyl (C=O) groups excluding carboxylic acids is 1. The second-order valence-electron chi connectivity index (χ2n) is 5.13. The van der Waals surface area contributed by atoms with Gasteiger partial charge >= 0.3 is 0 Å². The summed E-state index contributed by atoms with van der Waals surface area (Å²) in [7, 11) is 0. The second-order valence-corrected chi connectivity index (χ2v) is 6.30. The van der Waals surface area contributed by atoms with Crippen molar-refractivity contribution in [3.63, 3.8) is 0 Å². The van der Waals surface area contributed by atoms with Gasteiger partial charge in [0.15, 0.2) is 11.5 Å². The molecule has 0 spiro atoms. The van der Waals surface area contributed by atoms with E-state index in [0.717, 1.165) is 27.1 Å². The third-order valence-corrected chi connectivity index (χ3v) is 4.37. The highest BCUT2D eigenvalue weighted by atomic mass is 127. The van der Waals surface area contributed by atoms with Gasteiger partial charge in [-0.15, -0.1) is 0 Å². The van der Waals surface area contributed by atoms with Gasteiger partial charge in [0, 0.05) is 10.1 Å². The lowest BCUT2D eigenvalue weighted by Gasteiger charge is -2.13. The van der Waals surface area contributed by atoms with E-state index in [1.807, 2.05) is 56.3 Å². The van der Waals surface area contributed by atoms with Crippen LogP contribution in [0.3, 0.4) is 0 Å². The summed E-state index contributed by atoms with van der Waals surface area (Å²) in [5, 5.41) is 2.96. The van der Waals surface area contributed by atoms with Gasteiger partial charge in [0.1, 0.15) is 0 Å². The van der Waals surface area contributed by atoms with Crippen LogP contribution in [0.2, 0.25) is 0 Å². The van der Waals surface area contributed by atoms with Gasteiger partial charge < -0.3 is 14.8 Å². The Morgan fingerprint density at radius 3 is 2.46 bits per heavy atom. The van der Waals surface area contributed by atoms with Gasteiger partial charge in [-0.1, -0.05) is 18.2 Å². The van der Waals surface area contributed by atoms with Crippen molar-refractivity contribution >= 4 is 28.5 Å². The summed E-state index contributed by atoms with van der Waals surface area (Å²) >= 11 is 2.17. The van der Waals surface area contributed by atoms with E-state index in [0.29, 0.717) is 25.3 Å². The van der Waals surface area contributed by atoms with Crippen molar-refractivity contribution in [3.8, 4) is 11.5 Å². The maximum atomic E-state index is 12.2. The average molecular weight is 439 g/mol. The smallest absolute Gasteiger partial charge is 0.252 e. The van der Waals surface area contributed by atoms with E-state index in [1.165, 1.54) is 0 Å². The Morgan fingerprint density at radius 1 is 1.04 bits per heavy atom. The lowest BCUT2D eigenvalue weighted by Crippen LogP contribution is -2.26. The summed E-state index contributed by atoms with van der Waals surface area (Å²) < 4.78 is 12.1. The average Bonchev–Trinajstić information content (AvgIpc) is 2.58. The predicted octanol–water partition coefficient (Wildman–Crippen LogP) is 4.06. The van der Waals surface area contributed by atoms with Gasteiger partial charge in [-0.3, -0.25) is 4.79 Å². The molecule has 5 heteroatoms. The lowest BCUT2D eigenvalue weighted by atomic mass is 10.1. The zero-order valence-corrected chi connectivity index (χ0v) is 16.1. The fourth-order valence-corrected chi connectivity index (χ4v) is 2.94. The summed E-state index contributed by atoms with van der Waals surface area (Å²) in [6.07, 6.45) is 0.738. The topological polar surface area (TPSA) is 47.6 Å². The Balaban J connectivity index is 1.95. The third-order valence-electron chi connectivity index (χ3n) is 3.43. The molecule has 2 rings (SSSR count). The Bertz CT molecular complexity index is 688. The molecule has 2 aromatic carbocycles. The van der Waals surface area contributed by atoms with E-state index in [-0.39, 0.29) is 5.91 Å². The Hall–Kier alpha value is -1.76. The van der Waals surface area contributed by atoms with Gasteiger partial charge in [-0.05, 0) is 72.7 Å². The van der Waals surface area contributed by atoms with Gasteiger partial charge in [0.25, 0.3) is 5.91 Å². The summed E-state index contributed by atoms with van der Waals surface area (Å²) in [5.74, 6) is 1.46. The minimum absolute atomic E-state index is 0.0454. The molecule has 0 aromatic heterocycles. The normalized spacial score (nSPS) is 10.3. The summed E-state index contributed by atoms with van der Waals surface area (Å²) in [6.45, 7) is 5.66. The van der Waals surface area contributed by atoms with E-state index in [1.54, 1.807) is 0 Å². The zero-order chi connectivity index (χ0) is 17.4. The number of halogens is 1. The van der Waals surface area contributed by atoms with Crippen molar-refractivity contribution in [2.45, 2.75) is 20.3 Å². The van der Waals surface area contributed by atoms with Crippen LogP contribution in [-0.2, 0) is 6.42 Å². The molecule has 0 aliphatic rings. The van der Waals surface area contributed by atoms with Crippen molar-refractivity contribution in [2.75, 3.05) is 19.8 Å². The highest BCUT2D eigenvalue weighted by Crippen LogP contribution is 2.28. The van der Waals surface area contributed by atoms with Crippen LogP contribution in [0.25, 0.3) is 0 Å². The molecule has 0 bridgehead atoms. The molecular weight excluding hydrogens is 417 g/mol. The van der Waals surface area contributed by atoms with Gasteiger partial charge in [-0.25, -0.2) is 0 Å². The fraction of sp³-hybridized carbons (Fsp3) is 0.316. The number of carbonyl (C=O) groups is 1. The maximum absolute atomic E-state index is 12.2. The molecule has 128 valence electrons. The fourth-order valence-electron chi connectivity index (χ4n) is 2.31. The highest BCUT2D eigenvalue weighted by Gasteiger charge is 2.09. The molecule has 1 N–H and O–H groups in total. The Labute approximate surface area is 156 Å². The number of ether oxygens (including phenoxy) is 2. The molecule has 0 heterocycles. The molecule has 0 saturated carbocycles. The maximum Gasteiger partial charge on any atom is 0.252 e. The van der Waals surface area contributed by atoms with Crippen LogP contribution in [0.1, 0.15) is 29.8 Å². The van der Waals surface area contributed by atoms with Gasteiger partial charge in [0.05, 0.1) is 18.8 Å². The first-order chi connectivity index (χ1) is 11.7. The molecule has 0 saturated heterocycles. The molecule has 0 unspecified atom stereocenters. The minimum Gasteiger partial charge on any atom is -0.490 e. The Kier molecular flexibility index (Phi) is 7.36. The molecule has 24 heavy (non-hydrogen) atoms. The van der Waals surface area contributed by atoms with E-state index in [2.05, 4.69) is 27.9 Å². The number of rotatable bonds is 8. The molecular formula is C19H22INO3. The van der Waals surface area contributed by atoms with Crippen LogP contribution in [0.5, 0.6) is 11.5 Å². The highest BCUT2D eigenvalue weighted by molar-refractivity contribution is 14.1. The lowest BCUT2D eigenvalue weighted by molar-refractivity contribution is 0.0953. The molecule has 0 radical (unpaired) electrons. The van der Waals surface area contributed by atoms with Crippen LogP contribution in [0.4, 0.5) is 0 Å². The molecule has 0 aliphatic carbocycles. The SMILES string of the molecule is CCOc1ccc(CCNC(=O)c2ccccc2I)cc1OCC. The molecule has 0 fully saturated rings. The van der Waals surface area contributed by atoms with Crippen LogP contribution in [-0.4, -0.2) is 25.7 Å². The van der Waals surface area contributed by atoms with E-state index in [9.17, 15) is 4.79 Å². The second kappa shape index (κ2) is 9.52. The third kappa shape index (κ3) is 5.12. The predicted molar refractivity (Wildman–Crippen MR) is 104 cm³/mol. The van der Waals surface area contributed by atoms with Crippen molar-refractivity contribution in [3.05, 3.63) is 57.2 Å². The number of amides is 1. The first kappa shape index (κ1) is 18.6. The quantitative estimate of drug-likeness (QED) is 0.632. The minimum atomic E-state index is -0.0454. The summed E-state index contributed by atoms with van der Waals surface area (Å²) in [6, 6.07) is 13.5. The summed E-state index contributed by atoms with van der Waals surface area (Å²) in [5.41, 5.74) is 1.81. The number of nitrogens with one attached hydrogen (secondary N) is 1. The van der Waals surface area contributed by atoms with E-state index < -0.39 is 0 Å². The summed E-state index contributed by atoms with van der Waals surface area (Å²) in [4.78, 5) is 12.2. The standard InChI is InChI=1S/C19H22INO3/c1-3-23-17-10-9-14(13-18(17)24-4-2)11-12-21-19(22)15-7-5-6-8-16(15)20/h5-10,13H,3-4,11-12H2,1-2H3,(H,21,22). The Morgan fingerprint density at radius 2 is 1.75 bits per heavy atom. The first-order valence-electron chi connectivity index (χ1n) is 8.07.